The number of hydrogen-bond acceptors (Lipinski definition) is 2. The molecule has 0 radical (unpaired) electrons. The predicted molar refractivity (Wildman–Crippen MR) is 76.4 cm³/mol. The Morgan fingerprint density at radius 1 is 1.42 bits per heavy atom. The topological polar surface area (TPSA) is 56.9 Å². The number of aromatic nitrogens is 1. The zero-order valence-corrected chi connectivity index (χ0v) is 12.6. The quantitative estimate of drug-likeness (QED) is 0.780. The number of carbonyl (C=O) groups is 1. The second-order valence-electron chi connectivity index (χ2n) is 4.34. The second-order valence-corrected chi connectivity index (χ2v) is 5.10. The van der Waals surface area contributed by atoms with Gasteiger partial charge in [-0.3, -0.25) is 4.79 Å². The number of aryl methyl sites for hydroxylation is 1. The summed E-state index contributed by atoms with van der Waals surface area (Å²) in [4.78, 5) is 14.8. The van der Waals surface area contributed by atoms with E-state index in [0.717, 1.165) is 0 Å². The average molecular weight is 331 g/mol. The third kappa shape index (κ3) is 3.54. The summed E-state index contributed by atoms with van der Waals surface area (Å²) in [6, 6.07) is -0.489. The summed E-state index contributed by atoms with van der Waals surface area (Å²) in [6.07, 6.45) is -0.536. The lowest BCUT2D eigenvalue weighted by atomic mass is 10.0. The van der Waals surface area contributed by atoms with E-state index in [1.54, 1.807) is 6.92 Å². The van der Waals surface area contributed by atoms with Crippen LogP contribution in [0.3, 0.4) is 0 Å². The monoisotopic (exact) mass is 329 g/mol. The minimum Gasteiger partial charge on any atom is -0.352 e. The van der Waals surface area contributed by atoms with E-state index in [1.807, 2.05) is 0 Å². The molecule has 1 amide bonds. The zero-order chi connectivity index (χ0) is 13.3. The van der Waals surface area contributed by atoms with Gasteiger partial charge in [0.15, 0.2) is 0 Å². The molecule has 1 fully saturated rings. The lowest BCUT2D eigenvalue weighted by Crippen LogP contribution is -2.50. The number of H-pyrrole nitrogens is 1. The molecule has 108 valence electrons. The molecule has 0 saturated carbocycles. The molecule has 2 heterocycles. The average Bonchev–Trinajstić information content (AvgIpc) is 2.60. The van der Waals surface area contributed by atoms with E-state index in [0.29, 0.717) is 23.7 Å². The number of alkyl halides is 1. The van der Waals surface area contributed by atoms with Crippen LogP contribution in [0, 0.1) is 6.92 Å². The SMILES string of the molecule is Cc1[nH]c(C(=O)N[C@H]2CCNC[C@@H]2F)c(Cl)c1Cl.Cl. The largest absolute Gasteiger partial charge is 0.352 e. The molecule has 1 aromatic rings. The minimum absolute atomic E-state index is 0. The van der Waals surface area contributed by atoms with Crippen molar-refractivity contribution in [3.05, 3.63) is 21.4 Å². The van der Waals surface area contributed by atoms with E-state index in [-0.39, 0.29) is 29.7 Å². The molecular weight excluding hydrogens is 315 g/mol. The Morgan fingerprint density at radius 2 is 2.11 bits per heavy atom. The van der Waals surface area contributed by atoms with Crippen LogP contribution in [0.15, 0.2) is 0 Å². The summed E-state index contributed by atoms with van der Waals surface area (Å²) in [6.45, 7) is 2.65. The predicted octanol–water partition coefficient (Wildman–Crippen LogP) is 2.48. The number of nitrogens with one attached hydrogen (secondary N) is 3. The summed E-state index contributed by atoms with van der Waals surface area (Å²) in [5.74, 6) is -0.426. The van der Waals surface area contributed by atoms with Crippen molar-refractivity contribution >= 4 is 41.5 Å². The van der Waals surface area contributed by atoms with Crippen molar-refractivity contribution in [2.24, 2.45) is 0 Å². The van der Waals surface area contributed by atoms with Crippen molar-refractivity contribution in [1.82, 2.24) is 15.6 Å². The molecule has 0 spiro atoms. The Kier molecular flexibility index (Phi) is 5.92. The van der Waals surface area contributed by atoms with Gasteiger partial charge in [0.1, 0.15) is 11.9 Å². The highest BCUT2D eigenvalue weighted by Crippen LogP contribution is 2.29. The van der Waals surface area contributed by atoms with Gasteiger partial charge < -0.3 is 15.6 Å². The molecule has 1 aliphatic heterocycles. The number of piperidine rings is 1. The third-order valence-electron chi connectivity index (χ3n) is 3.01. The van der Waals surface area contributed by atoms with Crippen LogP contribution in [0.2, 0.25) is 10.0 Å². The molecule has 3 N–H and O–H groups in total. The highest BCUT2D eigenvalue weighted by Gasteiger charge is 2.28. The second kappa shape index (κ2) is 6.79. The molecule has 0 aliphatic carbocycles. The number of halogens is 4. The Bertz CT molecular complexity index is 466. The highest BCUT2D eigenvalue weighted by atomic mass is 35.5. The van der Waals surface area contributed by atoms with E-state index in [2.05, 4.69) is 15.6 Å². The summed E-state index contributed by atoms with van der Waals surface area (Å²) >= 11 is 11.8. The van der Waals surface area contributed by atoms with Crippen LogP contribution in [-0.4, -0.2) is 36.2 Å². The van der Waals surface area contributed by atoms with Crippen LogP contribution in [0.1, 0.15) is 22.6 Å². The molecule has 8 heteroatoms. The van der Waals surface area contributed by atoms with Crippen molar-refractivity contribution in [3.63, 3.8) is 0 Å². The Labute approximate surface area is 126 Å². The van der Waals surface area contributed by atoms with Crippen molar-refractivity contribution in [2.45, 2.75) is 25.6 Å². The third-order valence-corrected chi connectivity index (χ3v) is 3.95. The van der Waals surface area contributed by atoms with Crippen molar-refractivity contribution in [1.29, 1.82) is 0 Å². The van der Waals surface area contributed by atoms with Gasteiger partial charge in [-0.1, -0.05) is 23.2 Å². The Morgan fingerprint density at radius 3 is 2.63 bits per heavy atom. The van der Waals surface area contributed by atoms with Gasteiger partial charge in [0.05, 0.1) is 16.1 Å². The van der Waals surface area contributed by atoms with Crippen LogP contribution < -0.4 is 10.6 Å². The zero-order valence-electron chi connectivity index (χ0n) is 10.2. The van der Waals surface area contributed by atoms with Gasteiger partial charge in [-0.05, 0) is 19.9 Å². The first kappa shape index (κ1) is 16.6. The lowest BCUT2D eigenvalue weighted by Gasteiger charge is -2.27. The van der Waals surface area contributed by atoms with Crippen molar-refractivity contribution in [3.8, 4) is 0 Å². The molecule has 19 heavy (non-hydrogen) atoms. The molecule has 1 aliphatic rings. The normalized spacial score (nSPS) is 22.7. The first-order valence-corrected chi connectivity index (χ1v) is 6.45. The van der Waals surface area contributed by atoms with Crippen LogP contribution in [-0.2, 0) is 0 Å². The van der Waals surface area contributed by atoms with Gasteiger partial charge in [0.25, 0.3) is 5.91 Å². The number of rotatable bonds is 2. The van der Waals surface area contributed by atoms with Crippen LogP contribution in [0.25, 0.3) is 0 Å². The Balaban J connectivity index is 0.00000180. The maximum absolute atomic E-state index is 13.6. The summed E-state index contributed by atoms with van der Waals surface area (Å²) in [5, 5.41) is 6.06. The maximum atomic E-state index is 13.6. The molecule has 2 rings (SSSR count). The van der Waals surface area contributed by atoms with Gasteiger partial charge in [-0.2, -0.15) is 0 Å². The molecule has 0 bridgehead atoms. The molecule has 0 unspecified atom stereocenters. The first-order chi connectivity index (χ1) is 8.50. The molecule has 2 atom stereocenters. The number of carbonyl (C=O) groups excluding carboxylic acids is 1. The molecule has 4 nitrogen and oxygen atoms in total. The number of hydrogen-bond donors (Lipinski definition) is 3. The first-order valence-electron chi connectivity index (χ1n) is 5.70. The highest BCUT2D eigenvalue weighted by molar-refractivity contribution is 6.44. The minimum atomic E-state index is -1.09. The van der Waals surface area contributed by atoms with E-state index in [1.165, 1.54) is 0 Å². The smallest absolute Gasteiger partial charge is 0.269 e. The molecule has 0 aromatic carbocycles. The van der Waals surface area contributed by atoms with Crippen LogP contribution >= 0.6 is 35.6 Å². The van der Waals surface area contributed by atoms with Gasteiger partial charge in [0.2, 0.25) is 0 Å². The van der Waals surface area contributed by atoms with Crippen molar-refractivity contribution in [2.75, 3.05) is 13.1 Å². The fourth-order valence-electron chi connectivity index (χ4n) is 1.95. The van der Waals surface area contributed by atoms with E-state index in [9.17, 15) is 9.18 Å². The summed E-state index contributed by atoms with van der Waals surface area (Å²) in [5.41, 5.74) is 0.804. The lowest BCUT2D eigenvalue weighted by molar-refractivity contribution is 0.0888. The number of amides is 1. The fourth-order valence-corrected chi connectivity index (χ4v) is 2.37. The fraction of sp³-hybridized carbons (Fsp3) is 0.545. The molecule has 1 aromatic heterocycles. The van der Waals surface area contributed by atoms with E-state index >= 15 is 0 Å². The summed E-state index contributed by atoms with van der Waals surface area (Å²) < 4.78 is 13.6. The maximum Gasteiger partial charge on any atom is 0.269 e. The Hall–Kier alpha value is -0.490. The van der Waals surface area contributed by atoms with Crippen LogP contribution in [0.5, 0.6) is 0 Å². The van der Waals surface area contributed by atoms with Gasteiger partial charge >= 0.3 is 0 Å². The van der Waals surface area contributed by atoms with Gasteiger partial charge in [-0.15, -0.1) is 12.4 Å². The summed E-state index contributed by atoms with van der Waals surface area (Å²) in [7, 11) is 0. The van der Waals surface area contributed by atoms with Crippen LogP contribution in [0.4, 0.5) is 4.39 Å². The van der Waals surface area contributed by atoms with Crippen molar-refractivity contribution < 1.29 is 9.18 Å². The molecular formula is C11H15Cl3FN3O. The van der Waals surface area contributed by atoms with Gasteiger partial charge in [0, 0.05) is 12.2 Å². The standard InChI is InChI=1S/C11H14Cl2FN3O.ClH/c1-5-8(12)9(13)10(16-5)11(18)17-7-2-3-15-4-6(7)14;/h6-7,15-16H,2-4H2,1H3,(H,17,18);1H/t6-,7-;/m0./s1. The number of aromatic amines is 1. The van der Waals surface area contributed by atoms with Gasteiger partial charge in [-0.25, -0.2) is 4.39 Å². The van der Waals surface area contributed by atoms with E-state index in [4.69, 9.17) is 23.2 Å². The molecule has 1 saturated heterocycles. The van der Waals surface area contributed by atoms with E-state index < -0.39 is 18.1 Å².